The van der Waals surface area contributed by atoms with Crippen molar-refractivity contribution in [2.75, 3.05) is 12.3 Å². The second-order valence-corrected chi connectivity index (χ2v) is 4.28. The summed E-state index contributed by atoms with van der Waals surface area (Å²) in [4.78, 5) is 22.4. The summed E-state index contributed by atoms with van der Waals surface area (Å²) in [5.74, 6) is -0.401. The van der Waals surface area contributed by atoms with Gasteiger partial charge in [0.05, 0.1) is 5.71 Å². The first kappa shape index (κ1) is 14.4. The van der Waals surface area contributed by atoms with Crippen LogP contribution in [-0.4, -0.2) is 18.2 Å². The molecule has 0 radical (unpaired) electrons. The topological polar surface area (TPSA) is 96.9 Å². The number of carbonyl (C=O) groups excluding carboxylic acids is 1. The predicted molar refractivity (Wildman–Crippen MR) is 82.0 cm³/mol. The number of rotatable bonds is 5. The number of hydrazone groups is 1. The number of benzene rings is 2. The molecule has 0 bridgehead atoms. The molecule has 6 nitrogen and oxygen atoms in total. The van der Waals surface area contributed by atoms with Crippen LogP contribution >= 0.6 is 0 Å². The molecule has 0 unspecified atom stereocenters. The lowest BCUT2D eigenvalue weighted by atomic mass is 10.1. The van der Waals surface area contributed by atoms with Gasteiger partial charge in [0.15, 0.2) is 0 Å². The average molecular weight is 282 g/mol. The molecule has 3 N–H and O–H groups in total. The van der Waals surface area contributed by atoms with Gasteiger partial charge >= 0.3 is 0 Å². The van der Waals surface area contributed by atoms with E-state index >= 15 is 0 Å². The Morgan fingerprint density at radius 1 is 1.05 bits per heavy atom. The molecule has 0 heterocycles. The Morgan fingerprint density at radius 3 is 2.43 bits per heavy atom. The minimum absolute atomic E-state index is 0.124. The van der Waals surface area contributed by atoms with Gasteiger partial charge in [0.2, 0.25) is 0 Å². The standard InChI is InChI=1S/C15H14N4O2/c16-13-8-4-7-12(9-13)15(20)19-18-14(10-17-21)11-5-2-1-3-6-11/h1-9H,10,16H2,(H,19,20). The Kier molecular flexibility index (Phi) is 4.76. The van der Waals surface area contributed by atoms with E-state index in [4.69, 9.17) is 5.73 Å². The van der Waals surface area contributed by atoms with E-state index in [-0.39, 0.29) is 6.54 Å². The quantitative estimate of drug-likeness (QED) is 0.380. The number of nitrogens with one attached hydrogen (secondary N) is 1. The predicted octanol–water partition coefficient (Wildman–Crippen LogP) is 2.17. The molecule has 0 saturated carbocycles. The Labute approximate surface area is 121 Å². The molecule has 2 rings (SSSR count). The number of carbonyl (C=O) groups is 1. The number of nitrogens with zero attached hydrogens (tertiary/aromatic N) is 2. The summed E-state index contributed by atoms with van der Waals surface area (Å²) in [6.07, 6.45) is 0. The van der Waals surface area contributed by atoms with Crippen molar-refractivity contribution in [3.63, 3.8) is 0 Å². The maximum Gasteiger partial charge on any atom is 0.271 e. The zero-order chi connectivity index (χ0) is 15.1. The highest BCUT2D eigenvalue weighted by atomic mass is 16.3. The lowest BCUT2D eigenvalue weighted by Crippen LogP contribution is -2.21. The zero-order valence-corrected chi connectivity index (χ0v) is 11.2. The Morgan fingerprint density at radius 2 is 1.76 bits per heavy atom. The van der Waals surface area contributed by atoms with Crippen molar-refractivity contribution in [1.82, 2.24) is 5.43 Å². The number of nitrogens with two attached hydrogens (primary N) is 1. The molecule has 0 fully saturated rings. The van der Waals surface area contributed by atoms with Gasteiger partial charge in [-0.05, 0) is 23.8 Å². The average Bonchev–Trinajstić information content (AvgIpc) is 2.52. The smallest absolute Gasteiger partial charge is 0.271 e. The van der Waals surface area contributed by atoms with Crippen LogP contribution in [0.15, 0.2) is 64.9 Å². The second-order valence-electron chi connectivity index (χ2n) is 4.28. The van der Waals surface area contributed by atoms with Gasteiger partial charge in [0.1, 0.15) is 6.54 Å². The van der Waals surface area contributed by atoms with Gasteiger partial charge in [0, 0.05) is 11.3 Å². The molecule has 0 aliphatic heterocycles. The van der Waals surface area contributed by atoms with Gasteiger partial charge in [-0.15, -0.1) is 0 Å². The van der Waals surface area contributed by atoms with Crippen LogP contribution in [0.4, 0.5) is 5.69 Å². The SMILES string of the molecule is Nc1cccc(C(=O)NN=C(CN=O)c2ccccc2)c1. The fourth-order valence-corrected chi connectivity index (χ4v) is 1.75. The van der Waals surface area contributed by atoms with Crippen molar-refractivity contribution in [3.8, 4) is 0 Å². The van der Waals surface area contributed by atoms with Crippen LogP contribution in [0.5, 0.6) is 0 Å². The molecule has 1 amide bonds. The van der Waals surface area contributed by atoms with Crippen molar-refractivity contribution >= 4 is 17.3 Å². The van der Waals surface area contributed by atoms with E-state index in [0.29, 0.717) is 17.0 Å². The molecule has 21 heavy (non-hydrogen) atoms. The third-order valence-corrected chi connectivity index (χ3v) is 2.76. The first-order valence-electron chi connectivity index (χ1n) is 6.27. The van der Waals surface area contributed by atoms with Crippen molar-refractivity contribution in [2.24, 2.45) is 10.3 Å². The fourth-order valence-electron chi connectivity index (χ4n) is 1.75. The molecule has 2 aromatic rings. The van der Waals surface area contributed by atoms with E-state index in [1.807, 2.05) is 18.2 Å². The van der Waals surface area contributed by atoms with Crippen LogP contribution in [0.25, 0.3) is 0 Å². The van der Waals surface area contributed by atoms with E-state index < -0.39 is 5.91 Å². The summed E-state index contributed by atoms with van der Waals surface area (Å²) in [5, 5.41) is 6.80. The number of nitroso groups, excluding NO2 is 1. The van der Waals surface area contributed by atoms with Crippen LogP contribution in [0.1, 0.15) is 15.9 Å². The van der Waals surface area contributed by atoms with Gasteiger partial charge in [-0.2, -0.15) is 10.0 Å². The highest BCUT2D eigenvalue weighted by Gasteiger charge is 2.07. The number of nitrogen functional groups attached to an aromatic ring is 1. The van der Waals surface area contributed by atoms with Crippen molar-refractivity contribution in [2.45, 2.75) is 0 Å². The third kappa shape index (κ3) is 3.97. The number of anilines is 1. The van der Waals surface area contributed by atoms with Gasteiger partial charge < -0.3 is 5.73 Å². The summed E-state index contributed by atoms with van der Waals surface area (Å²) < 4.78 is 0. The molecule has 2 aromatic carbocycles. The normalized spacial score (nSPS) is 11.0. The van der Waals surface area contributed by atoms with E-state index in [9.17, 15) is 9.70 Å². The minimum Gasteiger partial charge on any atom is -0.399 e. The minimum atomic E-state index is -0.401. The molecule has 6 heteroatoms. The molecule has 0 spiro atoms. The van der Waals surface area contributed by atoms with E-state index in [2.05, 4.69) is 15.7 Å². The Balaban J connectivity index is 2.16. The maximum atomic E-state index is 12.0. The van der Waals surface area contributed by atoms with Gasteiger partial charge in [-0.25, -0.2) is 5.43 Å². The summed E-state index contributed by atoms with van der Waals surface area (Å²) in [6, 6.07) is 15.6. The molecule has 0 aromatic heterocycles. The molecule has 0 saturated heterocycles. The number of amides is 1. The number of hydrogen-bond acceptors (Lipinski definition) is 5. The summed E-state index contributed by atoms with van der Waals surface area (Å²) in [6.45, 7) is -0.124. The van der Waals surface area contributed by atoms with E-state index in [1.54, 1.807) is 36.4 Å². The molecule has 0 aliphatic rings. The fraction of sp³-hybridized carbons (Fsp3) is 0.0667. The second kappa shape index (κ2) is 6.95. The summed E-state index contributed by atoms with van der Waals surface area (Å²) in [7, 11) is 0. The monoisotopic (exact) mass is 282 g/mol. The van der Waals surface area contributed by atoms with Crippen LogP contribution in [0.3, 0.4) is 0 Å². The number of hydrogen-bond donors (Lipinski definition) is 2. The third-order valence-electron chi connectivity index (χ3n) is 2.76. The Bertz CT molecular complexity index is 668. The highest BCUT2D eigenvalue weighted by Crippen LogP contribution is 2.06. The lowest BCUT2D eigenvalue weighted by Gasteiger charge is -2.04. The largest absolute Gasteiger partial charge is 0.399 e. The van der Waals surface area contributed by atoms with Crippen LogP contribution in [0, 0.1) is 4.91 Å². The van der Waals surface area contributed by atoms with Crippen LogP contribution < -0.4 is 11.2 Å². The van der Waals surface area contributed by atoms with Crippen LogP contribution in [0.2, 0.25) is 0 Å². The first-order chi connectivity index (χ1) is 10.2. The summed E-state index contributed by atoms with van der Waals surface area (Å²) >= 11 is 0. The lowest BCUT2D eigenvalue weighted by molar-refractivity contribution is 0.0955. The first-order valence-corrected chi connectivity index (χ1v) is 6.27. The van der Waals surface area contributed by atoms with Crippen molar-refractivity contribution in [1.29, 1.82) is 0 Å². The van der Waals surface area contributed by atoms with E-state index in [1.165, 1.54) is 0 Å². The highest BCUT2D eigenvalue weighted by molar-refractivity contribution is 6.03. The molecule has 106 valence electrons. The summed E-state index contributed by atoms with van der Waals surface area (Å²) in [5.41, 5.74) is 10.0. The molecule has 0 aliphatic carbocycles. The van der Waals surface area contributed by atoms with Gasteiger partial charge in [-0.3, -0.25) is 4.79 Å². The molecule has 0 atom stereocenters. The molecular formula is C15H14N4O2. The zero-order valence-electron chi connectivity index (χ0n) is 11.2. The van der Waals surface area contributed by atoms with Gasteiger partial charge in [0.25, 0.3) is 5.91 Å². The van der Waals surface area contributed by atoms with E-state index in [0.717, 1.165) is 5.56 Å². The van der Waals surface area contributed by atoms with Gasteiger partial charge in [-0.1, -0.05) is 41.6 Å². The molecular weight excluding hydrogens is 268 g/mol. The Hall–Kier alpha value is -3.02. The maximum absolute atomic E-state index is 12.0. The van der Waals surface area contributed by atoms with Crippen molar-refractivity contribution < 1.29 is 4.79 Å². The van der Waals surface area contributed by atoms with Crippen molar-refractivity contribution in [3.05, 3.63) is 70.6 Å². The van der Waals surface area contributed by atoms with Crippen LogP contribution in [-0.2, 0) is 0 Å².